The summed E-state index contributed by atoms with van der Waals surface area (Å²) in [6.45, 7) is 0. The zero-order valence-electron chi connectivity index (χ0n) is 7.01. The summed E-state index contributed by atoms with van der Waals surface area (Å²) >= 11 is 1.39. The van der Waals surface area contributed by atoms with Gasteiger partial charge in [-0.3, -0.25) is 0 Å². The van der Waals surface area contributed by atoms with E-state index in [4.69, 9.17) is 0 Å². The van der Waals surface area contributed by atoms with Crippen LogP contribution >= 0.6 is 11.5 Å². The second-order valence-electron chi connectivity index (χ2n) is 2.81. The Kier molecular flexibility index (Phi) is 1.54. The number of aromatic amines is 1. The van der Waals surface area contributed by atoms with Gasteiger partial charge in [0, 0.05) is 5.56 Å². The standard InChI is InChI=1S/C8H5N5S/c1-2-8-6(11-13-14-8)3-5(1)7-4-9-12-10-7/h1-4H,(H,9,10,12). The lowest BCUT2D eigenvalue weighted by molar-refractivity contribution is 0.942. The lowest BCUT2D eigenvalue weighted by atomic mass is 10.1. The Labute approximate surface area is 82.9 Å². The van der Waals surface area contributed by atoms with E-state index in [1.54, 1.807) is 6.20 Å². The summed E-state index contributed by atoms with van der Waals surface area (Å²) < 4.78 is 4.95. The third kappa shape index (κ3) is 1.08. The van der Waals surface area contributed by atoms with Crippen molar-refractivity contribution in [1.29, 1.82) is 0 Å². The van der Waals surface area contributed by atoms with Crippen molar-refractivity contribution >= 4 is 21.7 Å². The summed E-state index contributed by atoms with van der Waals surface area (Å²) in [6, 6.07) is 5.93. The van der Waals surface area contributed by atoms with Gasteiger partial charge in [-0.15, -0.1) is 5.10 Å². The summed E-state index contributed by atoms with van der Waals surface area (Å²) in [4.78, 5) is 0. The molecule has 5 nitrogen and oxygen atoms in total. The predicted molar refractivity (Wildman–Crippen MR) is 52.8 cm³/mol. The smallest absolute Gasteiger partial charge is 0.112 e. The minimum Gasteiger partial charge on any atom is -0.197 e. The molecule has 0 saturated heterocycles. The molecule has 0 radical (unpaired) electrons. The average molecular weight is 203 g/mol. The molecule has 3 aromatic rings. The number of nitrogens with zero attached hydrogens (tertiary/aromatic N) is 4. The minimum absolute atomic E-state index is 0.819. The van der Waals surface area contributed by atoms with Gasteiger partial charge >= 0.3 is 0 Å². The van der Waals surface area contributed by atoms with Gasteiger partial charge in [-0.2, -0.15) is 15.4 Å². The van der Waals surface area contributed by atoms with Gasteiger partial charge in [0.25, 0.3) is 0 Å². The molecule has 0 aliphatic heterocycles. The number of rotatable bonds is 1. The Morgan fingerprint density at radius 3 is 3.14 bits per heavy atom. The maximum absolute atomic E-state index is 4.00. The van der Waals surface area contributed by atoms with Crippen molar-refractivity contribution in [2.75, 3.05) is 0 Å². The number of H-pyrrole nitrogens is 1. The molecule has 3 rings (SSSR count). The molecular weight excluding hydrogens is 198 g/mol. The summed E-state index contributed by atoms with van der Waals surface area (Å²) in [5.74, 6) is 0. The highest BCUT2D eigenvalue weighted by atomic mass is 32.1. The lowest BCUT2D eigenvalue weighted by Gasteiger charge is -1.93. The van der Waals surface area contributed by atoms with E-state index in [0.717, 1.165) is 21.5 Å². The third-order valence-electron chi connectivity index (χ3n) is 1.96. The first-order valence-corrected chi connectivity index (χ1v) is 4.79. The number of benzene rings is 1. The van der Waals surface area contributed by atoms with E-state index in [-0.39, 0.29) is 0 Å². The molecule has 1 N–H and O–H groups in total. The van der Waals surface area contributed by atoms with Gasteiger partial charge in [-0.25, -0.2) is 0 Å². The lowest BCUT2D eigenvalue weighted by Crippen LogP contribution is -1.78. The van der Waals surface area contributed by atoms with E-state index in [1.165, 1.54) is 11.5 Å². The molecule has 0 amide bonds. The van der Waals surface area contributed by atoms with E-state index >= 15 is 0 Å². The highest BCUT2D eigenvalue weighted by molar-refractivity contribution is 7.12. The van der Waals surface area contributed by atoms with Crippen LogP contribution in [0.2, 0.25) is 0 Å². The van der Waals surface area contributed by atoms with Crippen LogP contribution in [0, 0.1) is 0 Å². The van der Waals surface area contributed by atoms with Crippen molar-refractivity contribution in [3.05, 3.63) is 24.4 Å². The van der Waals surface area contributed by atoms with E-state index in [9.17, 15) is 0 Å². The molecule has 6 heteroatoms. The number of hydrogen-bond acceptors (Lipinski definition) is 5. The van der Waals surface area contributed by atoms with Gasteiger partial charge in [-0.1, -0.05) is 10.6 Å². The van der Waals surface area contributed by atoms with Crippen LogP contribution in [0.5, 0.6) is 0 Å². The molecule has 1 aromatic carbocycles. The molecule has 0 spiro atoms. The van der Waals surface area contributed by atoms with Crippen LogP contribution in [0.1, 0.15) is 0 Å². The van der Waals surface area contributed by atoms with Gasteiger partial charge in [0.15, 0.2) is 0 Å². The van der Waals surface area contributed by atoms with Gasteiger partial charge in [0.1, 0.15) is 11.2 Å². The van der Waals surface area contributed by atoms with E-state index in [2.05, 4.69) is 25.0 Å². The maximum Gasteiger partial charge on any atom is 0.112 e. The molecule has 0 unspecified atom stereocenters. The zero-order valence-corrected chi connectivity index (χ0v) is 7.82. The van der Waals surface area contributed by atoms with Crippen molar-refractivity contribution in [3.63, 3.8) is 0 Å². The topological polar surface area (TPSA) is 67.3 Å². The van der Waals surface area contributed by atoms with Gasteiger partial charge < -0.3 is 0 Å². The van der Waals surface area contributed by atoms with E-state index < -0.39 is 0 Å². The van der Waals surface area contributed by atoms with Crippen molar-refractivity contribution < 1.29 is 0 Å². The normalized spacial score (nSPS) is 10.9. The molecular formula is C8H5N5S. The number of aromatic nitrogens is 5. The monoisotopic (exact) mass is 203 g/mol. The highest BCUT2D eigenvalue weighted by Gasteiger charge is 2.03. The van der Waals surface area contributed by atoms with Gasteiger partial charge in [0.05, 0.1) is 10.9 Å². The Morgan fingerprint density at radius 2 is 2.29 bits per heavy atom. The summed E-state index contributed by atoms with van der Waals surface area (Å²) in [5, 5.41) is 14.3. The first-order valence-electron chi connectivity index (χ1n) is 4.02. The second kappa shape index (κ2) is 2.85. The fraction of sp³-hybridized carbons (Fsp3) is 0. The Morgan fingerprint density at radius 1 is 1.29 bits per heavy atom. The van der Waals surface area contributed by atoms with Crippen molar-refractivity contribution in [3.8, 4) is 11.3 Å². The molecule has 2 heterocycles. The Bertz CT molecular complexity index is 556. The van der Waals surface area contributed by atoms with Crippen LogP contribution in [0.3, 0.4) is 0 Å². The first kappa shape index (κ1) is 7.57. The first-order chi connectivity index (χ1) is 6.93. The number of hydrogen-bond donors (Lipinski definition) is 1. The summed E-state index contributed by atoms with van der Waals surface area (Å²) in [5.41, 5.74) is 2.72. The predicted octanol–water partition coefficient (Wildman–Crippen LogP) is 1.48. The van der Waals surface area contributed by atoms with Crippen molar-refractivity contribution in [1.82, 2.24) is 25.0 Å². The SMILES string of the molecule is c1cc2snnc2cc1-c1cn[nH]n1. The van der Waals surface area contributed by atoms with E-state index in [0.29, 0.717) is 0 Å². The minimum atomic E-state index is 0.819. The highest BCUT2D eigenvalue weighted by Crippen LogP contribution is 2.22. The van der Waals surface area contributed by atoms with Crippen LogP contribution < -0.4 is 0 Å². The van der Waals surface area contributed by atoms with Crippen LogP contribution in [-0.2, 0) is 0 Å². The molecule has 0 fully saturated rings. The van der Waals surface area contributed by atoms with Gasteiger partial charge in [0.2, 0.25) is 0 Å². The van der Waals surface area contributed by atoms with Crippen molar-refractivity contribution in [2.24, 2.45) is 0 Å². The third-order valence-corrected chi connectivity index (χ3v) is 2.66. The quantitative estimate of drug-likeness (QED) is 0.650. The fourth-order valence-corrected chi connectivity index (χ4v) is 1.82. The van der Waals surface area contributed by atoms with Crippen LogP contribution in [0.15, 0.2) is 24.4 Å². The molecule has 0 bridgehead atoms. The van der Waals surface area contributed by atoms with E-state index in [1.807, 2.05) is 18.2 Å². The van der Waals surface area contributed by atoms with Crippen LogP contribution in [0.25, 0.3) is 21.5 Å². The number of nitrogens with one attached hydrogen (secondary N) is 1. The molecule has 14 heavy (non-hydrogen) atoms. The maximum atomic E-state index is 4.00. The zero-order chi connectivity index (χ0) is 9.38. The van der Waals surface area contributed by atoms with Gasteiger partial charge in [-0.05, 0) is 23.7 Å². The number of fused-ring (bicyclic) bond motifs is 1. The Hall–Kier alpha value is -1.82. The molecule has 0 aliphatic carbocycles. The molecule has 0 atom stereocenters. The van der Waals surface area contributed by atoms with Crippen molar-refractivity contribution in [2.45, 2.75) is 0 Å². The average Bonchev–Trinajstić information content (AvgIpc) is 2.88. The second-order valence-corrected chi connectivity index (χ2v) is 3.60. The summed E-state index contributed by atoms with van der Waals surface area (Å²) in [6.07, 6.45) is 1.68. The molecule has 0 saturated carbocycles. The molecule has 0 aliphatic rings. The largest absolute Gasteiger partial charge is 0.197 e. The molecule has 2 aromatic heterocycles. The molecule has 68 valence electrons. The fourth-order valence-electron chi connectivity index (χ4n) is 1.28. The van der Waals surface area contributed by atoms with Crippen LogP contribution in [-0.4, -0.2) is 25.0 Å². The summed E-state index contributed by atoms with van der Waals surface area (Å²) in [7, 11) is 0. The van der Waals surface area contributed by atoms with Crippen LogP contribution in [0.4, 0.5) is 0 Å². The Balaban J connectivity index is 2.23.